The lowest BCUT2D eigenvalue weighted by atomic mass is 10.1. The fraction of sp³-hybridized carbons (Fsp3) is 0.0714. The van der Waals surface area contributed by atoms with Crippen molar-refractivity contribution in [2.45, 2.75) is 6.18 Å². The van der Waals surface area contributed by atoms with Crippen LogP contribution in [0.1, 0.15) is 5.56 Å². The highest BCUT2D eigenvalue weighted by molar-refractivity contribution is 7.80. The zero-order valence-electron chi connectivity index (χ0n) is 11.4. The molecule has 0 aliphatic rings. The number of thiocarbonyl (C=S) groups is 1. The summed E-state index contributed by atoms with van der Waals surface area (Å²) < 4.78 is 91.7. The Morgan fingerprint density at radius 1 is 0.875 bits per heavy atom. The summed E-state index contributed by atoms with van der Waals surface area (Å²) >= 11 is 4.64. The van der Waals surface area contributed by atoms with Crippen molar-refractivity contribution in [3.05, 3.63) is 59.2 Å². The molecule has 0 saturated carbocycles. The molecule has 0 radical (unpaired) electrons. The van der Waals surface area contributed by atoms with Gasteiger partial charge in [0, 0.05) is 6.07 Å². The summed E-state index contributed by atoms with van der Waals surface area (Å²) in [6.45, 7) is 0. The van der Waals surface area contributed by atoms with Gasteiger partial charge in [0.05, 0.1) is 11.3 Å². The summed E-state index contributed by atoms with van der Waals surface area (Å²) in [5, 5.41) is 3.21. The van der Waals surface area contributed by atoms with Crippen molar-refractivity contribution in [2.24, 2.45) is 0 Å². The van der Waals surface area contributed by atoms with Gasteiger partial charge < -0.3 is 10.6 Å². The standard InChI is InChI=1S/C14H7F7N2S/c15-7-5-8(16)11(18)12(10(7)17)23-13(24)22-9-4-2-1-3-6(9)14(19,20)21/h1-5H,(H2,22,23,24). The summed E-state index contributed by atoms with van der Waals surface area (Å²) in [6.07, 6.45) is -4.71. The van der Waals surface area contributed by atoms with E-state index in [0.29, 0.717) is 0 Å². The molecule has 0 aromatic heterocycles. The zero-order valence-corrected chi connectivity index (χ0v) is 12.3. The van der Waals surface area contributed by atoms with Crippen molar-refractivity contribution in [1.29, 1.82) is 0 Å². The summed E-state index contributed by atoms with van der Waals surface area (Å²) in [6, 6.07) is 4.17. The minimum Gasteiger partial charge on any atom is -0.332 e. The lowest BCUT2D eigenvalue weighted by Crippen LogP contribution is -2.23. The van der Waals surface area contributed by atoms with Crippen LogP contribution in [0.4, 0.5) is 42.1 Å². The van der Waals surface area contributed by atoms with Gasteiger partial charge in [-0.3, -0.25) is 0 Å². The molecule has 2 N–H and O–H groups in total. The molecule has 0 aliphatic carbocycles. The summed E-state index contributed by atoms with van der Waals surface area (Å²) in [7, 11) is 0. The number of benzene rings is 2. The monoisotopic (exact) mass is 368 g/mol. The molecule has 0 aliphatic heterocycles. The van der Waals surface area contributed by atoms with Gasteiger partial charge in [-0.05, 0) is 24.4 Å². The average Bonchev–Trinajstić information content (AvgIpc) is 2.49. The number of halogens is 7. The fourth-order valence-electron chi connectivity index (χ4n) is 1.79. The molecule has 2 aromatic rings. The van der Waals surface area contributed by atoms with E-state index >= 15 is 0 Å². The van der Waals surface area contributed by atoms with Crippen LogP contribution in [0.25, 0.3) is 0 Å². The van der Waals surface area contributed by atoms with Crippen molar-refractivity contribution in [2.75, 3.05) is 10.6 Å². The molecule has 0 bridgehead atoms. The molecule has 0 saturated heterocycles. The SMILES string of the molecule is Fc1cc(F)c(F)c(NC(=S)Nc2ccccc2C(F)(F)F)c1F. The number of hydrogen-bond acceptors (Lipinski definition) is 1. The lowest BCUT2D eigenvalue weighted by Gasteiger charge is -2.16. The van der Waals surface area contributed by atoms with Crippen LogP contribution in [0.15, 0.2) is 30.3 Å². The smallest absolute Gasteiger partial charge is 0.332 e. The van der Waals surface area contributed by atoms with Crippen LogP contribution in [0.2, 0.25) is 0 Å². The Kier molecular flexibility index (Phi) is 4.97. The molecule has 128 valence electrons. The topological polar surface area (TPSA) is 24.1 Å². The van der Waals surface area contributed by atoms with E-state index < -0.39 is 51.5 Å². The third-order valence-corrected chi connectivity index (χ3v) is 3.04. The van der Waals surface area contributed by atoms with Crippen molar-refractivity contribution in [3.63, 3.8) is 0 Å². The zero-order chi connectivity index (χ0) is 18.1. The molecule has 0 amide bonds. The van der Waals surface area contributed by atoms with Crippen molar-refractivity contribution in [1.82, 2.24) is 0 Å². The number of alkyl halides is 3. The second-order valence-electron chi connectivity index (χ2n) is 4.47. The molecule has 0 spiro atoms. The second-order valence-corrected chi connectivity index (χ2v) is 4.87. The summed E-state index contributed by atoms with van der Waals surface area (Å²) in [5.41, 5.74) is -2.84. The van der Waals surface area contributed by atoms with Gasteiger partial charge in [-0.15, -0.1) is 0 Å². The van der Waals surface area contributed by atoms with E-state index in [0.717, 1.165) is 18.2 Å². The van der Waals surface area contributed by atoms with Gasteiger partial charge in [-0.25, -0.2) is 17.6 Å². The average molecular weight is 368 g/mol. The third-order valence-electron chi connectivity index (χ3n) is 2.83. The number of rotatable bonds is 2. The van der Waals surface area contributed by atoms with E-state index in [1.807, 2.05) is 5.32 Å². The number of anilines is 2. The molecule has 2 aromatic carbocycles. The van der Waals surface area contributed by atoms with Gasteiger partial charge in [-0.1, -0.05) is 12.1 Å². The van der Waals surface area contributed by atoms with E-state index in [4.69, 9.17) is 0 Å². The lowest BCUT2D eigenvalue weighted by molar-refractivity contribution is -0.136. The van der Waals surface area contributed by atoms with Crippen LogP contribution >= 0.6 is 12.2 Å². The predicted molar refractivity (Wildman–Crippen MR) is 77.6 cm³/mol. The van der Waals surface area contributed by atoms with Crippen LogP contribution in [0.5, 0.6) is 0 Å². The molecule has 2 nitrogen and oxygen atoms in total. The van der Waals surface area contributed by atoms with Crippen LogP contribution in [0, 0.1) is 23.3 Å². The first-order valence-corrected chi connectivity index (χ1v) is 6.59. The van der Waals surface area contributed by atoms with E-state index in [1.165, 1.54) is 6.07 Å². The van der Waals surface area contributed by atoms with Gasteiger partial charge >= 0.3 is 6.18 Å². The Labute approximate surface area is 136 Å². The van der Waals surface area contributed by atoms with Gasteiger partial charge in [0.2, 0.25) is 0 Å². The molecule has 0 unspecified atom stereocenters. The van der Waals surface area contributed by atoms with Crippen LogP contribution in [0.3, 0.4) is 0 Å². The fourth-order valence-corrected chi connectivity index (χ4v) is 2.00. The molecular formula is C14H7F7N2S. The van der Waals surface area contributed by atoms with Crippen LogP contribution in [-0.2, 0) is 6.18 Å². The Hall–Kier alpha value is -2.36. The maximum Gasteiger partial charge on any atom is 0.418 e. The molecule has 0 heterocycles. The van der Waals surface area contributed by atoms with Crippen molar-refractivity contribution < 1.29 is 30.7 Å². The Morgan fingerprint density at radius 2 is 1.42 bits per heavy atom. The molecule has 10 heteroatoms. The summed E-state index contributed by atoms with van der Waals surface area (Å²) in [4.78, 5) is 0. The second kappa shape index (κ2) is 6.63. The number of para-hydroxylation sites is 1. The first-order valence-electron chi connectivity index (χ1n) is 6.18. The van der Waals surface area contributed by atoms with Crippen molar-refractivity contribution >= 4 is 28.7 Å². The van der Waals surface area contributed by atoms with Gasteiger partial charge in [0.25, 0.3) is 0 Å². The highest BCUT2D eigenvalue weighted by Crippen LogP contribution is 2.34. The molecule has 24 heavy (non-hydrogen) atoms. The minimum atomic E-state index is -4.71. The van der Waals surface area contributed by atoms with Crippen molar-refractivity contribution in [3.8, 4) is 0 Å². The highest BCUT2D eigenvalue weighted by atomic mass is 32.1. The maximum absolute atomic E-state index is 13.5. The Morgan fingerprint density at radius 3 is 1.96 bits per heavy atom. The van der Waals surface area contributed by atoms with E-state index in [1.54, 1.807) is 0 Å². The quantitative estimate of drug-likeness (QED) is 0.440. The van der Waals surface area contributed by atoms with E-state index in [-0.39, 0.29) is 6.07 Å². The third kappa shape index (κ3) is 3.75. The number of hydrogen-bond donors (Lipinski definition) is 2. The number of nitrogens with one attached hydrogen (secondary N) is 2. The largest absolute Gasteiger partial charge is 0.418 e. The summed E-state index contributed by atoms with van der Waals surface area (Å²) in [5.74, 6) is -6.89. The highest BCUT2D eigenvalue weighted by Gasteiger charge is 2.33. The Bertz CT molecular complexity index is 763. The van der Waals surface area contributed by atoms with E-state index in [2.05, 4.69) is 17.5 Å². The Balaban J connectivity index is 2.28. The van der Waals surface area contributed by atoms with Crippen LogP contribution < -0.4 is 10.6 Å². The molecule has 0 fully saturated rings. The van der Waals surface area contributed by atoms with Gasteiger partial charge in [0.1, 0.15) is 5.69 Å². The maximum atomic E-state index is 13.5. The first-order chi connectivity index (χ1) is 11.1. The van der Waals surface area contributed by atoms with Gasteiger partial charge in [0.15, 0.2) is 28.4 Å². The van der Waals surface area contributed by atoms with Crippen LogP contribution in [-0.4, -0.2) is 5.11 Å². The first kappa shape index (κ1) is 18.0. The normalized spacial score (nSPS) is 11.3. The minimum absolute atomic E-state index is 0.00865. The predicted octanol–water partition coefficient (Wildman–Crippen LogP) is 5.07. The molecular weight excluding hydrogens is 361 g/mol. The molecule has 0 atom stereocenters. The molecule has 2 rings (SSSR count). The van der Waals surface area contributed by atoms with E-state index in [9.17, 15) is 30.7 Å². The van der Waals surface area contributed by atoms with Gasteiger partial charge in [-0.2, -0.15) is 13.2 Å².